The van der Waals surface area contributed by atoms with Crippen LogP contribution in [0.3, 0.4) is 0 Å². The largest absolute Gasteiger partial charge is 0.409 e. The highest BCUT2D eigenvalue weighted by Gasteiger charge is 2.13. The number of carbonyl (C=O) groups is 1. The summed E-state index contributed by atoms with van der Waals surface area (Å²) in [7, 11) is 1.51. The number of amidine groups is 1. The molecule has 1 aromatic heterocycles. The third kappa shape index (κ3) is 3.57. The fourth-order valence-electron chi connectivity index (χ4n) is 1.64. The molecule has 0 unspecified atom stereocenters. The first-order valence-corrected chi connectivity index (χ1v) is 5.98. The lowest BCUT2D eigenvalue weighted by Gasteiger charge is -2.05. The van der Waals surface area contributed by atoms with Gasteiger partial charge in [-0.1, -0.05) is 22.4 Å². The predicted molar refractivity (Wildman–Crippen MR) is 74.1 cm³/mol. The summed E-state index contributed by atoms with van der Waals surface area (Å²) < 4.78 is 9.81. The third-order valence-corrected chi connectivity index (χ3v) is 2.60. The molecule has 0 aliphatic carbocycles. The van der Waals surface area contributed by atoms with Crippen LogP contribution in [0.5, 0.6) is 0 Å². The number of benzene rings is 1. The number of methoxy groups -OCH3 is 1. The van der Waals surface area contributed by atoms with Gasteiger partial charge in [-0.25, -0.2) is 0 Å². The summed E-state index contributed by atoms with van der Waals surface area (Å²) in [5.74, 6) is -0.0271. The molecule has 8 heteroatoms. The number of nitrogens with two attached hydrogens (primary N) is 1. The molecule has 110 valence electrons. The van der Waals surface area contributed by atoms with E-state index < -0.39 is 5.91 Å². The first-order chi connectivity index (χ1) is 10.1. The smallest absolute Gasteiger partial charge is 0.277 e. The van der Waals surface area contributed by atoms with E-state index in [0.717, 1.165) is 0 Å². The molecule has 8 nitrogen and oxygen atoms in total. The molecule has 0 aliphatic rings. The zero-order valence-corrected chi connectivity index (χ0v) is 11.2. The minimum absolute atomic E-state index is 0.0464. The fourth-order valence-corrected chi connectivity index (χ4v) is 1.64. The van der Waals surface area contributed by atoms with Crippen molar-refractivity contribution in [3.63, 3.8) is 0 Å². The van der Waals surface area contributed by atoms with Crippen molar-refractivity contribution in [3.05, 3.63) is 47.3 Å². The monoisotopic (exact) mass is 290 g/mol. The number of anilines is 1. The Bertz CT molecular complexity index is 666. The minimum Gasteiger partial charge on any atom is -0.409 e. The van der Waals surface area contributed by atoms with Crippen LogP contribution in [0.25, 0.3) is 0 Å². The molecule has 1 aromatic carbocycles. The van der Waals surface area contributed by atoms with Crippen molar-refractivity contribution < 1.29 is 19.3 Å². The molecule has 0 fully saturated rings. The second kappa shape index (κ2) is 6.53. The summed E-state index contributed by atoms with van der Waals surface area (Å²) in [5.41, 5.74) is 6.59. The van der Waals surface area contributed by atoms with E-state index in [1.165, 1.54) is 13.2 Å². The molecule has 2 aromatic rings. The van der Waals surface area contributed by atoms with Crippen molar-refractivity contribution in [1.82, 2.24) is 5.16 Å². The Kier molecular flexibility index (Phi) is 4.52. The van der Waals surface area contributed by atoms with Gasteiger partial charge in [0, 0.05) is 24.4 Å². The average Bonchev–Trinajstić information content (AvgIpc) is 2.96. The van der Waals surface area contributed by atoms with Crippen LogP contribution in [-0.4, -0.2) is 29.2 Å². The molecule has 0 aliphatic heterocycles. The second-order valence-electron chi connectivity index (χ2n) is 4.13. The minimum atomic E-state index is -0.433. The number of aromatic nitrogens is 1. The molecule has 0 radical (unpaired) electrons. The summed E-state index contributed by atoms with van der Waals surface area (Å²) in [6, 6.07) is 8.05. The van der Waals surface area contributed by atoms with Gasteiger partial charge in [-0.2, -0.15) is 0 Å². The summed E-state index contributed by atoms with van der Waals surface area (Å²) in [5, 5.41) is 17.8. The van der Waals surface area contributed by atoms with Crippen molar-refractivity contribution >= 4 is 17.4 Å². The maximum Gasteiger partial charge on any atom is 0.277 e. The van der Waals surface area contributed by atoms with Crippen LogP contribution in [0.4, 0.5) is 5.69 Å². The summed E-state index contributed by atoms with van der Waals surface area (Å²) in [4.78, 5) is 12.0. The highest BCUT2D eigenvalue weighted by Crippen LogP contribution is 2.13. The number of oxime groups is 1. The Morgan fingerprint density at radius 3 is 3.05 bits per heavy atom. The Morgan fingerprint density at radius 1 is 1.52 bits per heavy atom. The first kappa shape index (κ1) is 14.5. The number of ether oxygens (including phenoxy) is 1. The molecule has 0 saturated carbocycles. The maximum atomic E-state index is 12.0. The molecule has 1 heterocycles. The molecule has 0 saturated heterocycles. The van der Waals surface area contributed by atoms with Gasteiger partial charge < -0.3 is 25.5 Å². The van der Waals surface area contributed by atoms with Crippen LogP contribution in [0.2, 0.25) is 0 Å². The van der Waals surface area contributed by atoms with E-state index in [9.17, 15) is 4.79 Å². The molecule has 0 spiro atoms. The van der Waals surface area contributed by atoms with E-state index in [4.69, 9.17) is 20.2 Å². The van der Waals surface area contributed by atoms with E-state index in [-0.39, 0.29) is 18.1 Å². The SMILES string of the molecule is COCc1cc(C(=O)Nc2cccc(C(N)=NO)c2)no1. The van der Waals surface area contributed by atoms with Gasteiger partial charge in [-0.15, -0.1) is 0 Å². The molecule has 21 heavy (non-hydrogen) atoms. The number of nitrogens with zero attached hydrogens (tertiary/aromatic N) is 2. The molecule has 0 atom stereocenters. The molecule has 0 bridgehead atoms. The highest BCUT2D eigenvalue weighted by atomic mass is 16.5. The lowest BCUT2D eigenvalue weighted by Crippen LogP contribution is -2.15. The van der Waals surface area contributed by atoms with Gasteiger partial charge in [0.1, 0.15) is 6.61 Å². The molecular formula is C13H14N4O4. The highest BCUT2D eigenvalue weighted by molar-refractivity contribution is 6.04. The van der Waals surface area contributed by atoms with E-state index in [0.29, 0.717) is 17.0 Å². The topological polar surface area (TPSA) is 123 Å². The normalized spacial score (nSPS) is 11.4. The summed E-state index contributed by atoms with van der Waals surface area (Å²) in [6.07, 6.45) is 0. The quantitative estimate of drug-likeness (QED) is 0.329. The molecule has 2 rings (SSSR count). The van der Waals surface area contributed by atoms with Crippen LogP contribution in [0.1, 0.15) is 21.8 Å². The van der Waals surface area contributed by atoms with Crippen LogP contribution in [-0.2, 0) is 11.3 Å². The lowest BCUT2D eigenvalue weighted by atomic mass is 10.2. The van der Waals surface area contributed by atoms with Gasteiger partial charge in [0.05, 0.1) is 0 Å². The Balaban J connectivity index is 2.11. The molecule has 1 amide bonds. The van der Waals surface area contributed by atoms with E-state index in [1.54, 1.807) is 24.3 Å². The predicted octanol–water partition coefficient (Wildman–Crippen LogP) is 1.17. The van der Waals surface area contributed by atoms with Crippen molar-refractivity contribution in [1.29, 1.82) is 0 Å². The van der Waals surface area contributed by atoms with Crippen LogP contribution in [0.15, 0.2) is 40.0 Å². The molecular weight excluding hydrogens is 276 g/mol. The first-order valence-electron chi connectivity index (χ1n) is 5.98. The van der Waals surface area contributed by atoms with Gasteiger partial charge in [0.2, 0.25) is 0 Å². The van der Waals surface area contributed by atoms with Crippen molar-refractivity contribution in [2.75, 3.05) is 12.4 Å². The number of nitrogens with one attached hydrogen (secondary N) is 1. The van der Waals surface area contributed by atoms with Crippen LogP contribution < -0.4 is 11.1 Å². The third-order valence-electron chi connectivity index (χ3n) is 2.60. The Labute approximate surface area is 120 Å². The van der Waals surface area contributed by atoms with Gasteiger partial charge in [0.15, 0.2) is 17.3 Å². The van der Waals surface area contributed by atoms with E-state index in [1.807, 2.05) is 0 Å². The van der Waals surface area contributed by atoms with E-state index >= 15 is 0 Å². The number of amides is 1. The van der Waals surface area contributed by atoms with Crippen LogP contribution >= 0.6 is 0 Å². The maximum absolute atomic E-state index is 12.0. The zero-order chi connectivity index (χ0) is 15.2. The van der Waals surface area contributed by atoms with Crippen molar-refractivity contribution in [2.24, 2.45) is 10.9 Å². The van der Waals surface area contributed by atoms with Crippen LogP contribution in [0, 0.1) is 0 Å². The summed E-state index contributed by atoms with van der Waals surface area (Å²) in [6.45, 7) is 0.235. The zero-order valence-electron chi connectivity index (χ0n) is 11.2. The van der Waals surface area contributed by atoms with Gasteiger partial charge >= 0.3 is 0 Å². The van der Waals surface area contributed by atoms with Crippen molar-refractivity contribution in [3.8, 4) is 0 Å². The van der Waals surface area contributed by atoms with Gasteiger partial charge in [0.25, 0.3) is 5.91 Å². The standard InChI is InChI=1S/C13H14N4O4/c1-20-7-10-6-11(17-21-10)13(18)15-9-4-2-3-8(5-9)12(14)16-19/h2-6,19H,7H2,1H3,(H2,14,16)(H,15,18). The summed E-state index contributed by atoms with van der Waals surface area (Å²) >= 11 is 0. The lowest BCUT2D eigenvalue weighted by molar-refractivity contribution is 0.101. The molecule has 4 N–H and O–H groups in total. The Morgan fingerprint density at radius 2 is 2.33 bits per heavy atom. The average molecular weight is 290 g/mol. The van der Waals surface area contributed by atoms with Gasteiger partial charge in [-0.3, -0.25) is 4.79 Å². The number of hydrogen-bond acceptors (Lipinski definition) is 6. The second-order valence-corrected chi connectivity index (χ2v) is 4.13. The fraction of sp³-hybridized carbons (Fsp3) is 0.154. The van der Waals surface area contributed by atoms with E-state index in [2.05, 4.69) is 15.6 Å². The van der Waals surface area contributed by atoms with Crippen molar-refractivity contribution in [2.45, 2.75) is 6.61 Å². The van der Waals surface area contributed by atoms with Gasteiger partial charge in [-0.05, 0) is 12.1 Å². The number of carbonyl (C=O) groups excluding carboxylic acids is 1. The Hall–Kier alpha value is -2.87. The number of rotatable bonds is 5. The number of hydrogen-bond donors (Lipinski definition) is 3.